The van der Waals surface area contributed by atoms with E-state index in [-0.39, 0.29) is 17.4 Å². The summed E-state index contributed by atoms with van der Waals surface area (Å²) in [5.41, 5.74) is 3.11. The van der Waals surface area contributed by atoms with Crippen LogP contribution in [0.15, 0.2) is 78.4 Å². The summed E-state index contributed by atoms with van der Waals surface area (Å²) in [6.07, 6.45) is 5.20. The van der Waals surface area contributed by atoms with Gasteiger partial charge in [0.15, 0.2) is 0 Å². The molecule has 194 valence electrons. The van der Waals surface area contributed by atoms with Crippen LogP contribution >= 0.6 is 0 Å². The Morgan fingerprint density at radius 2 is 1.03 bits per heavy atom. The molecule has 0 fully saturated rings. The molecular weight excluding hydrogens is 448 g/mol. The summed E-state index contributed by atoms with van der Waals surface area (Å²) in [7, 11) is 12.7. The van der Waals surface area contributed by atoms with Crippen molar-refractivity contribution in [2.75, 3.05) is 68.5 Å². The van der Waals surface area contributed by atoms with Crippen molar-refractivity contribution >= 4 is 17.4 Å². The zero-order valence-electron chi connectivity index (χ0n) is 22.9. The van der Waals surface area contributed by atoms with E-state index in [2.05, 4.69) is 52.9 Å². The second kappa shape index (κ2) is 13.8. The van der Waals surface area contributed by atoms with E-state index in [0.29, 0.717) is 13.1 Å². The monoisotopic (exact) mass is 492 g/mol. The Hall–Kier alpha value is -3.22. The van der Waals surface area contributed by atoms with Gasteiger partial charge >= 0.3 is 0 Å². The standard InChI is InChI=1S/C30H42N4O2/c1-33(2,3)23-13-21-31-29(35)28(30(36)32-22-14-24-34(4,5)6)20-19-27(25-15-9-7-10-16-25)26-17-11-8-12-18-26/h7-12,15-20H,13-14,21-24H2,1-6H3/p+2. The number of nitrogens with zero attached hydrogens (tertiary/aromatic N) is 2. The fourth-order valence-electron chi connectivity index (χ4n) is 3.72. The van der Waals surface area contributed by atoms with E-state index in [1.54, 1.807) is 6.08 Å². The molecule has 6 heteroatoms. The van der Waals surface area contributed by atoms with Gasteiger partial charge in [0.05, 0.1) is 55.4 Å². The van der Waals surface area contributed by atoms with Gasteiger partial charge in [-0.15, -0.1) is 0 Å². The van der Waals surface area contributed by atoms with Crippen molar-refractivity contribution < 1.29 is 18.6 Å². The first-order chi connectivity index (χ1) is 17.0. The molecule has 0 heterocycles. The Kier molecular flexibility index (Phi) is 11.1. The van der Waals surface area contributed by atoms with E-state index >= 15 is 0 Å². The fourth-order valence-corrected chi connectivity index (χ4v) is 3.72. The highest BCUT2D eigenvalue weighted by atomic mass is 16.2. The van der Waals surface area contributed by atoms with E-state index in [0.717, 1.165) is 51.6 Å². The Morgan fingerprint density at radius 3 is 1.39 bits per heavy atom. The number of hydrogen-bond acceptors (Lipinski definition) is 2. The van der Waals surface area contributed by atoms with Crippen molar-refractivity contribution in [2.45, 2.75) is 12.8 Å². The SMILES string of the molecule is C[N+](C)(C)CCCNC(=O)C(=CC=C(c1ccccc1)c1ccccc1)C(=O)NCCC[N+](C)(C)C. The summed E-state index contributed by atoms with van der Waals surface area (Å²) in [6, 6.07) is 20.0. The van der Waals surface area contributed by atoms with E-state index in [4.69, 9.17) is 0 Å². The maximum absolute atomic E-state index is 13.1. The Balaban J connectivity index is 2.29. The number of allylic oxidation sites excluding steroid dienone is 2. The minimum absolute atomic E-state index is 0.120. The topological polar surface area (TPSA) is 58.2 Å². The summed E-state index contributed by atoms with van der Waals surface area (Å²) in [6.45, 7) is 2.91. The zero-order chi connectivity index (χ0) is 26.6. The first-order valence-corrected chi connectivity index (χ1v) is 12.7. The number of rotatable bonds is 13. The Labute approximate surface area is 217 Å². The highest BCUT2D eigenvalue weighted by Crippen LogP contribution is 2.23. The second-order valence-electron chi connectivity index (χ2n) is 11.1. The molecule has 36 heavy (non-hydrogen) atoms. The minimum atomic E-state index is -0.350. The summed E-state index contributed by atoms with van der Waals surface area (Å²) >= 11 is 0. The molecule has 0 atom stereocenters. The predicted molar refractivity (Wildman–Crippen MR) is 149 cm³/mol. The van der Waals surface area contributed by atoms with Gasteiger partial charge in [-0.3, -0.25) is 9.59 Å². The molecule has 0 radical (unpaired) electrons. The quantitative estimate of drug-likeness (QED) is 0.112. The van der Waals surface area contributed by atoms with Crippen molar-refractivity contribution in [1.29, 1.82) is 0 Å². The van der Waals surface area contributed by atoms with Crippen LogP contribution in [0, 0.1) is 0 Å². The molecule has 2 rings (SSSR count). The van der Waals surface area contributed by atoms with E-state index in [9.17, 15) is 9.59 Å². The predicted octanol–water partition coefficient (Wildman–Crippen LogP) is 3.47. The fraction of sp³-hybridized carbons (Fsp3) is 0.400. The van der Waals surface area contributed by atoms with Crippen LogP contribution in [0.2, 0.25) is 0 Å². The lowest BCUT2D eigenvalue weighted by Gasteiger charge is -2.24. The van der Waals surface area contributed by atoms with Gasteiger partial charge in [-0.2, -0.15) is 0 Å². The maximum atomic E-state index is 13.1. The molecule has 2 amide bonds. The van der Waals surface area contributed by atoms with Crippen molar-refractivity contribution in [3.8, 4) is 0 Å². The lowest BCUT2D eigenvalue weighted by Crippen LogP contribution is -2.40. The Bertz CT molecular complexity index is 953. The number of amides is 2. The highest BCUT2D eigenvalue weighted by molar-refractivity contribution is 6.18. The van der Waals surface area contributed by atoms with E-state index in [1.807, 2.05) is 66.7 Å². The van der Waals surface area contributed by atoms with Crippen molar-refractivity contribution in [3.05, 3.63) is 89.5 Å². The molecule has 0 bridgehead atoms. The average molecular weight is 493 g/mol. The molecule has 0 spiro atoms. The van der Waals surface area contributed by atoms with Crippen LogP contribution in [-0.2, 0) is 9.59 Å². The summed E-state index contributed by atoms with van der Waals surface area (Å²) in [5.74, 6) is -0.700. The normalized spacial score (nSPS) is 11.4. The summed E-state index contributed by atoms with van der Waals surface area (Å²) in [4.78, 5) is 26.2. The van der Waals surface area contributed by atoms with Crippen LogP contribution in [0.1, 0.15) is 24.0 Å². The number of quaternary nitrogens is 2. The summed E-state index contributed by atoms with van der Waals surface area (Å²) in [5, 5.41) is 5.89. The van der Waals surface area contributed by atoms with Gasteiger partial charge in [0, 0.05) is 25.9 Å². The van der Waals surface area contributed by atoms with Gasteiger partial charge < -0.3 is 19.6 Å². The van der Waals surface area contributed by atoms with Crippen molar-refractivity contribution in [2.24, 2.45) is 0 Å². The maximum Gasteiger partial charge on any atom is 0.256 e. The lowest BCUT2D eigenvalue weighted by molar-refractivity contribution is -0.870. The number of benzene rings is 2. The zero-order valence-corrected chi connectivity index (χ0v) is 22.9. The highest BCUT2D eigenvalue weighted by Gasteiger charge is 2.18. The van der Waals surface area contributed by atoms with Gasteiger partial charge in [0.2, 0.25) is 0 Å². The van der Waals surface area contributed by atoms with Crippen LogP contribution < -0.4 is 10.6 Å². The van der Waals surface area contributed by atoms with Gasteiger partial charge in [0.25, 0.3) is 11.8 Å². The first-order valence-electron chi connectivity index (χ1n) is 12.7. The number of nitrogens with one attached hydrogen (secondary N) is 2. The third-order valence-electron chi connectivity index (χ3n) is 5.66. The van der Waals surface area contributed by atoms with Crippen LogP contribution in [0.5, 0.6) is 0 Å². The van der Waals surface area contributed by atoms with Crippen LogP contribution in [0.3, 0.4) is 0 Å². The number of hydrogen-bond donors (Lipinski definition) is 2. The third-order valence-corrected chi connectivity index (χ3v) is 5.66. The van der Waals surface area contributed by atoms with Crippen LogP contribution in [0.25, 0.3) is 5.57 Å². The third kappa shape index (κ3) is 11.0. The summed E-state index contributed by atoms with van der Waals surface area (Å²) < 4.78 is 1.65. The van der Waals surface area contributed by atoms with Gasteiger partial charge in [0.1, 0.15) is 5.57 Å². The van der Waals surface area contributed by atoms with E-state index in [1.165, 1.54) is 0 Å². The van der Waals surface area contributed by atoms with Crippen molar-refractivity contribution in [1.82, 2.24) is 10.6 Å². The molecule has 0 saturated carbocycles. The van der Waals surface area contributed by atoms with E-state index < -0.39 is 0 Å². The largest absolute Gasteiger partial charge is 0.352 e. The molecule has 6 nitrogen and oxygen atoms in total. The number of carbonyl (C=O) groups excluding carboxylic acids is 2. The lowest BCUT2D eigenvalue weighted by atomic mass is 9.97. The minimum Gasteiger partial charge on any atom is -0.352 e. The van der Waals surface area contributed by atoms with Gasteiger partial charge in [-0.05, 0) is 22.8 Å². The van der Waals surface area contributed by atoms with Crippen LogP contribution in [-0.4, -0.2) is 89.2 Å². The molecule has 2 aromatic rings. The molecule has 0 aliphatic heterocycles. The Morgan fingerprint density at radius 1 is 0.639 bits per heavy atom. The molecular formula is C30H44N4O2+2. The number of carbonyl (C=O) groups is 2. The molecule has 2 aromatic carbocycles. The van der Waals surface area contributed by atoms with Gasteiger partial charge in [-0.1, -0.05) is 66.7 Å². The molecule has 0 aliphatic rings. The molecule has 2 N–H and O–H groups in total. The smallest absolute Gasteiger partial charge is 0.256 e. The molecule has 0 saturated heterocycles. The molecule has 0 unspecified atom stereocenters. The van der Waals surface area contributed by atoms with Gasteiger partial charge in [-0.25, -0.2) is 0 Å². The van der Waals surface area contributed by atoms with Crippen LogP contribution in [0.4, 0.5) is 0 Å². The molecule has 0 aliphatic carbocycles. The first kappa shape index (κ1) is 29.0. The average Bonchev–Trinajstić information content (AvgIpc) is 2.82. The van der Waals surface area contributed by atoms with Crippen molar-refractivity contribution in [3.63, 3.8) is 0 Å². The molecule has 0 aromatic heterocycles. The second-order valence-corrected chi connectivity index (χ2v) is 11.1.